The second-order valence-electron chi connectivity index (χ2n) is 8.20. The molecule has 2 unspecified atom stereocenters. The highest BCUT2D eigenvalue weighted by molar-refractivity contribution is 6.42. The number of ether oxygens (including phenoxy) is 3. The number of hydrogen-bond donors (Lipinski definition) is 1. The molecule has 0 bridgehead atoms. The molecule has 1 aliphatic heterocycles. The van der Waals surface area contributed by atoms with Crippen LogP contribution in [0.2, 0.25) is 10.0 Å². The number of nitrogens with one attached hydrogen (secondary N) is 1. The minimum atomic E-state index is 0.00757. The molecule has 0 radical (unpaired) electrons. The maximum absolute atomic E-state index is 6.21. The lowest BCUT2D eigenvalue weighted by atomic mass is 10.2. The lowest BCUT2D eigenvalue weighted by Crippen LogP contribution is -2.42. The molecule has 9 heteroatoms. The van der Waals surface area contributed by atoms with E-state index in [1.807, 2.05) is 25.1 Å². The molecule has 0 amide bonds. The van der Waals surface area contributed by atoms with Gasteiger partial charge in [0.05, 0.1) is 28.3 Å². The number of anilines is 2. The first-order chi connectivity index (χ1) is 15.9. The predicted octanol–water partition coefficient (Wildman–Crippen LogP) is 5.57. The highest BCUT2D eigenvalue weighted by Gasteiger charge is 2.20. The summed E-state index contributed by atoms with van der Waals surface area (Å²) in [6.07, 6.45) is 2.42. The van der Waals surface area contributed by atoms with Gasteiger partial charge < -0.3 is 24.4 Å². The Balaban J connectivity index is 1.64. The quantitative estimate of drug-likeness (QED) is 0.442. The van der Waals surface area contributed by atoms with Gasteiger partial charge in [-0.1, -0.05) is 30.1 Å². The summed E-state index contributed by atoms with van der Waals surface area (Å²) in [4.78, 5) is 11.1. The summed E-state index contributed by atoms with van der Waals surface area (Å²) in [5, 5.41) is 5.07. The van der Waals surface area contributed by atoms with E-state index in [1.54, 1.807) is 12.1 Å². The predicted molar refractivity (Wildman–Crippen MR) is 132 cm³/mol. The van der Waals surface area contributed by atoms with Gasteiger partial charge in [0.25, 0.3) is 0 Å². The smallest absolute Gasteiger partial charge is 0.163 e. The maximum Gasteiger partial charge on any atom is 0.163 e. The fraction of sp³-hybridized carbons (Fsp3) is 0.417. The monoisotopic (exact) mass is 490 g/mol. The molecule has 1 saturated heterocycles. The van der Waals surface area contributed by atoms with Gasteiger partial charge in [-0.25, -0.2) is 9.97 Å². The van der Waals surface area contributed by atoms with Crippen molar-refractivity contribution in [1.29, 1.82) is 0 Å². The van der Waals surface area contributed by atoms with Crippen LogP contribution in [0, 0.1) is 0 Å². The second kappa shape index (κ2) is 10.7. The summed E-state index contributed by atoms with van der Waals surface area (Å²) in [6.45, 7) is 7.01. The average Bonchev–Trinajstić information content (AvgIpc) is 2.80. The molecule has 0 aliphatic carbocycles. The molecule has 1 aromatic heterocycles. The summed E-state index contributed by atoms with van der Waals surface area (Å²) < 4.78 is 18.2. The van der Waals surface area contributed by atoms with Gasteiger partial charge in [0.15, 0.2) is 11.5 Å². The third-order valence-electron chi connectivity index (χ3n) is 5.55. The summed E-state index contributed by atoms with van der Waals surface area (Å²) in [5.41, 5.74) is 1.51. The average molecular weight is 491 g/mol. The Labute approximate surface area is 204 Å². The van der Waals surface area contributed by atoms with Crippen LogP contribution >= 0.6 is 23.2 Å². The van der Waals surface area contributed by atoms with Gasteiger partial charge in [-0.3, -0.25) is 0 Å². The van der Waals surface area contributed by atoms with Crippen LogP contribution in [0.5, 0.6) is 11.5 Å². The van der Waals surface area contributed by atoms with E-state index in [-0.39, 0.29) is 12.2 Å². The zero-order chi connectivity index (χ0) is 23.4. The molecule has 4 rings (SSSR count). The van der Waals surface area contributed by atoms with Crippen molar-refractivity contribution < 1.29 is 14.2 Å². The van der Waals surface area contributed by atoms with Gasteiger partial charge in [-0.15, -0.1) is 0 Å². The van der Waals surface area contributed by atoms with E-state index in [2.05, 4.69) is 34.2 Å². The highest BCUT2D eigenvalue weighted by atomic mass is 35.5. The number of morpholine rings is 1. The van der Waals surface area contributed by atoms with Gasteiger partial charge in [-0.05, 0) is 44.7 Å². The van der Waals surface area contributed by atoms with Gasteiger partial charge >= 0.3 is 0 Å². The van der Waals surface area contributed by atoms with Crippen molar-refractivity contribution in [2.75, 3.05) is 38.7 Å². The van der Waals surface area contributed by atoms with Crippen LogP contribution in [0.15, 0.2) is 36.7 Å². The van der Waals surface area contributed by atoms with Crippen molar-refractivity contribution in [3.05, 3.63) is 46.7 Å². The van der Waals surface area contributed by atoms with E-state index < -0.39 is 0 Å². The lowest BCUT2D eigenvalue weighted by Gasteiger charge is -2.30. The largest absolute Gasteiger partial charge is 0.487 e. The molecule has 33 heavy (non-hydrogen) atoms. The van der Waals surface area contributed by atoms with Gasteiger partial charge in [0.2, 0.25) is 0 Å². The van der Waals surface area contributed by atoms with Crippen LogP contribution in [-0.4, -0.2) is 60.4 Å². The third kappa shape index (κ3) is 5.98. The Kier molecular flexibility index (Phi) is 7.75. The number of halogens is 2. The number of fused-ring (bicyclic) bond motifs is 1. The normalized spacial score (nSPS) is 17.7. The highest BCUT2D eigenvalue weighted by Crippen LogP contribution is 2.36. The van der Waals surface area contributed by atoms with Crippen molar-refractivity contribution in [3.63, 3.8) is 0 Å². The van der Waals surface area contributed by atoms with Crippen LogP contribution in [-0.2, 0) is 4.74 Å². The zero-order valence-corrected chi connectivity index (χ0v) is 20.5. The van der Waals surface area contributed by atoms with E-state index in [1.165, 1.54) is 6.33 Å². The second-order valence-corrected chi connectivity index (χ2v) is 9.01. The molecule has 2 aromatic carbocycles. The first-order valence-corrected chi connectivity index (χ1v) is 11.8. The Morgan fingerprint density at radius 1 is 1.18 bits per heavy atom. The molecule has 7 nitrogen and oxygen atoms in total. The van der Waals surface area contributed by atoms with Gasteiger partial charge in [0, 0.05) is 30.2 Å². The molecule has 0 spiro atoms. The van der Waals surface area contributed by atoms with Crippen LogP contribution in [0.4, 0.5) is 11.5 Å². The lowest BCUT2D eigenvalue weighted by molar-refractivity contribution is -0.0407. The van der Waals surface area contributed by atoms with Gasteiger partial charge in [-0.2, -0.15) is 0 Å². The van der Waals surface area contributed by atoms with E-state index in [0.717, 1.165) is 36.1 Å². The molecule has 2 atom stereocenters. The summed E-state index contributed by atoms with van der Waals surface area (Å²) in [7, 11) is 2.09. The number of rotatable bonds is 8. The topological polar surface area (TPSA) is 68.7 Å². The summed E-state index contributed by atoms with van der Waals surface area (Å²) in [5.74, 6) is 1.92. The fourth-order valence-corrected chi connectivity index (χ4v) is 3.83. The summed E-state index contributed by atoms with van der Waals surface area (Å²) in [6, 6.07) is 9.15. The molecule has 3 aromatic rings. The zero-order valence-electron chi connectivity index (χ0n) is 19.0. The molecule has 1 N–H and O–H groups in total. The SMILES string of the molecule is CCC(C)Oc1cc2c(Nc3ccc(Cl)c(Cl)c3)ncnc2cc1OCC1CN(C)CCO1. The van der Waals surface area contributed by atoms with Crippen LogP contribution in [0.3, 0.4) is 0 Å². The number of likely N-dealkylation sites (N-methyl/N-ethyl adjacent to an activating group) is 1. The Morgan fingerprint density at radius 2 is 2.03 bits per heavy atom. The molecule has 0 saturated carbocycles. The molecular formula is C24H28Cl2N4O3. The first kappa shape index (κ1) is 23.8. The number of nitrogens with zero attached hydrogens (tertiary/aromatic N) is 3. The minimum absolute atomic E-state index is 0.00757. The van der Waals surface area contributed by atoms with Crippen molar-refractivity contribution in [1.82, 2.24) is 14.9 Å². The first-order valence-electron chi connectivity index (χ1n) is 11.0. The van der Waals surface area contributed by atoms with Crippen LogP contribution < -0.4 is 14.8 Å². The standard InChI is InChI=1S/C24H28Cl2N4O3/c1-4-15(2)33-23-10-18-21(11-22(23)32-13-17-12-30(3)7-8-31-17)27-14-28-24(18)29-16-5-6-19(25)20(26)9-16/h5-6,9-11,14-15,17H,4,7-8,12-13H2,1-3H3,(H,27,28,29). The van der Waals surface area contributed by atoms with Crippen molar-refractivity contribution in [2.45, 2.75) is 32.5 Å². The number of aromatic nitrogens is 2. The minimum Gasteiger partial charge on any atom is -0.487 e. The third-order valence-corrected chi connectivity index (χ3v) is 6.29. The Morgan fingerprint density at radius 3 is 2.79 bits per heavy atom. The van der Waals surface area contributed by atoms with E-state index in [4.69, 9.17) is 37.4 Å². The van der Waals surface area contributed by atoms with E-state index in [9.17, 15) is 0 Å². The molecule has 176 valence electrons. The maximum atomic E-state index is 6.21. The van der Waals surface area contributed by atoms with Crippen LogP contribution in [0.1, 0.15) is 20.3 Å². The van der Waals surface area contributed by atoms with E-state index >= 15 is 0 Å². The van der Waals surface area contributed by atoms with Crippen molar-refractivity contribution >= 4 is 45.6 Å². The van der Waals surface area contributed by atoms with Crippen molar-refractivity contribution in [3.8, 4) is 11.5 Å². The Hall–Kier alpha value is -2.32. The van der Waals surface area contributed by atoms with E-state index in [0.29, 0.717) is 40.6 Å². The number of hydrogen-bond acceptors (Lipinski definition) is 7. The molecule has 2 heterocycles. The Bertz CT molecular complexity index is 1110. The van der Waals surface area contributed by atoms with Gasteiger partial charge in [0.1, 0.15) is 24.9 Å². The fourth-order valence-electron chi connectivity index (χ4n) is 3.53. The number of benzene rings is 2. The molecular weight excluding hydrogens is 463 g/mol. The van der Waals surface area contributed by atoms with Crippen LogP contribution in [0.25, 0.3) is 10.9 Å². The molecule has 1 fully saturated rings. The molecule has 1 aliphatic rings. The van der Waals surface area contributed by atoms with Crippen molar-refractivity contribution in [2.24, 2.45) is 0 Å². The summed E-state index contributed by atoms with van der Waals surface area (Å²) >= 11 is 12.2.